The molecule has 1 aliphatic rings. The Morgan fingerprint density at radius 1 is 1.09 bits per heavy atom. The van der Waals surface area contributed by atoms with E-state index in [-0.39, 0.29) is 6.04 Å². The molecule has 0 amide bonds. The van der Waals surface area contributed by atoms with Crippen molar-refractivity contribution >= 4 is 10.2 Å². The predicted octanol–water partition coefficient (Wildman–Crippen LogP) is 2.90. The van der Waals surface area contributed by atoms with Crippen LogP contribution in [0.2, 0.25) is 0 Å². The Labute approximate surface area is 140 Å². The van der Waals surface area contributed by atoms with E-state index in [1.54, 1.807) is 18.4 Å². The highest BCUT2D eigenvalue weighted by atomic mass is 32.2. The maximum Gasteiger partial charge on any atom is 0.281 e. The summed E-state index contributed by atoms with van der Waals surface area (Å²) >= 11 is 0. The highest BCUT2D eigenvalue weighted by molar-refractivity contribution is 7.86. The molecule has 0 aliphatic heterocycles. The van der Waals surface area contributed by atoms with Gasteiger partial charge in [-0.1, -0.05) is 37.5 Å². The third-order valence-electron chi connectivity index (χ3n) is 4.48. The topological polar surface area (TPSA) is 49.9 Å². The van der Waals surface area contributed by atoms with Crippen LogP contribution in [-0.2, 0) is 10.2 Å². The van der Waals surface area contributed by atoms with E-state index in [1.807, 2.05) is 30.3 Å². The van der Waals surface area contributed by atoms with Crippen LogP contribution in [0.25, 0.3) is 0 Å². The molecule has 0 unspecified atom stereocenters. The number of para-hydroxylation sites is 1. The highest BCUT2D eigenvalue weighted by Gasteiger charge is 2.30. The first-order chi connectivity index (χ1) is 11.0. The van der Waals surface area contributed by atoms with Gasteiger partial charge in [0.15, 0.2) is 0 Å². The molecule has 0 bridgehead atoms. The number of hydrogen-bond acceptors (Lipinski definition) is 3. The van der Waals surface area contributed by atoms with Crippen LogP contribution in [0.1, 0.15) is 38.5 Å². The van der Waals surface area contributed by atoms with Crippen LogP contribution in [0, 0.1) is 0 Å². The Balaban J connectivity index is 1.77. The van der Waals surface area contributed by atoms with Gasteiger partial charge in [0, 0.05) is 26.7 Å². The summed E-state index contributed by atoms with van der Waals surface area (Å²) in [6.07, 6.45) is 6.08. The zero-order valence-corrected chi connectivity index (χ0v) is 15.0. The average Bonchev–Trinajstić information content (AvgIpc) is 2.59. The molecule has 0 atom stereocenters. The maximum atomic E-state index is 12.6. The first-order valence-corrected chi connectivity index (χ1v) is 9.78. The molecule has 0 radical (unpaired) electrons. The minimum atomic E-state index is -3.37. The molecule has 0 heterocycles. The van der Waals surface area contributed by atoms with Crippen LogP contribution >= 0.6 is 0 Å². The van der Waals surface area contributed by atoms with Crippen LogP contribution in [-0.4, -0.2) is 50.3 Å². The summed E-state index contributed by atoms with van der Waals surface area (Å²) in [6, 6.07) is 9.73. The fourth-order valence-corrected chi connectivity index (χ4v) is 4.35. The monoisotopic (exact) mass is 340 g/mol. The maximum absolute atomic E-state index is 12.6. The van der Waals surface area contributed by atoms with Gasteiger partial charge in [0.2, 0.25) is 0 Å². The second-order valence-corrected chi connectivity index (χ2v) is 8.25. The van der Waals surface area contributed by atoms with Gasteiger partial charge < -0.3 is 4.74 Å². The normalized spacial score (nSPS) is 16.9. The Kier molecular flexibility index (Phi) is 6.87. The van der Waals surface area contributed by atoms with Crippen molar-refractivity contribution in [1.82, 2.24) is 8.61 Å². The van der Waals surface area contributed by atoms with Crippen LogP contribution in [0.4, 0.5) is 0 Å². The van der Waals surface area contributed by atoms with E-state index in [4.69, 9.17) is 4.74 Å². The second-order valence-electron chi connectivity index (χ2n) is 6.15. The molecule has 1 fully saturated rings. The van der Waals surface area contributed by atoms with Crippen molar-refractivity contribution in [2.45, 2.75) is 44.6 Å². The second kappa shape index (κ2) is 8.66. The molecule has 6 heteroatoms. The van der Waals surface area contributed by atoms with E-state index in [1.165, 1.54) is 10.7 Å². The van der Waals surface area contributed by atoms with Crippen LogP contribution in [0.15, 0.2) is 30.3 Å². The molecule has 130 valence electrons. The van der Waals surface area contributed by atoms with E-state index in [0.717, 1.165) is 31.4 Å². The number of nitrogens with zero attached hydrogens (tertiary/aromatic N) is 2. The molecule has 1 aliphatic carbocycles. The summed E-state index contributed by atoms with van der Waals surface area (Å²) in [7, 11) is -0.0120. The van der Waals surface area contributed by atoms with Crippen molar-refractivity contribution in [3.63, 3.8) is 0 Å². The van der Waals surface area contributed by atoms with E-state index in [0.29, 0.717) is 19.6 Å². The molecule has 1 saturated carbocycles. The van der Waals surface area contributed by atoms with Gasteiger partial charge in [0.1, 0.15) is 5.75 Å². The number of benzene rings is 1. The Morgan fingerprint density at radius 2 is 1.74 bits per heavy atom. The lowest BCUT2D eigenvalue weighted by Crippen LogP contribution is -2.46. The Morgan fingerprint density at radius 3 is 2.39 bits per heavy atom. The Hall–Kier alpha value is -1.11. The average molecular weight is 340 g/mol. The van der Waals surface area contributed by atoms with Crippen molar-refractivity contribution in [2.75, 3.05) is 27.2 Å². The van der Waals surface area contributed by atoms with Crippen LogP contribution < -0.4 is 4.74 Å². The first-order valence-electron chi connectivity index (χ1n) is 8.39. The molecule has 1 aromatic rings. The number of rotatable bonds is 8. The van der Waals surface area contributed by atoms with E-state index >= 15 is 0 Å². The van der Waals surface area contributed by atoms with E-state index in [2.05, 4.69) is 0 Å². The first kappa shape index (κ1) is 18.2. The van der Waals surface area contributed by atoms with Gasteiger partial charge in [0.05, 0.1) is 6.61 Å². The standard InChI is InChI=1S/C17H28N2O3S/c1-18(14-9-15-22-17-12-7-4-8-13-17)23(20,21)19(2)16-10-5-3-6-11-16/h4,7-8,12-13,16H,3,5-6,9-11,14-15H2,1-2H3. The lowest BCUT2D eigenvalue weighted by atomic mass is 9.96. The summed E-state index contributed by atoms with van der Waals surface area (Å²) in [4.78, 5) is 0. The lowest BCUT2D eigenvalue weighted by Gasteiger charge is -2.33. The fraction of sp³-hybridized carbons (Fsp3) is 0.647. The molecular formula is C17H28N2O3S. The third kappa shape index (κ3) is 5.19. The smallest absolute Gasteiger partial charge is 0.281 e. The van der Waals surface area contributed by atoms with Crippen LogP contribution in [0.5, 0.6) is 5.75 Å². The van der Waals surface area contributed by atoms with Gasteiger partial charge in [-0.15, -0.1) is 0 Å². The zero-order chi connectivity index (χ0) is 16.7. The van der Waals surface area contributed by atoms with Gasteiger partial charge in [-0.25, -0.2) is 0 Å². The minimum Gasteiger partial charge on any atom is -0.494 e. The predicted molar refractivity (Wildman–Crippen MR) is 92.7 cm³/mol. The molecule has 0 saturated heterocycles. The van der Waals surface area contributed by atoms with Gasteiger partial charge in [-0.2, -0.15) is 17.0 Å². The molecular weight excluding hydrogens is 312 g/mol. The fourth-order valence-electron chi connectivity index (χ4n) is 2.96. The zero-order valence-electron chi connectivity index (χ0n) is 14.1. The van der Waals surface area contributed by atoms with E-state index < -0.39 is 10.2 Å². The van der Waals surface area contributed by atoms with E-state index in [9.17, 15) is 8.42 Å². The van der Waals surface area contributed by atoms with Gasteiger partial charge >= 0.3 is 0 Å². The SMILES string of the molecule is CN(CCCOc1ccccc1)S(=O)(=O)N(C)C1CCCCC1. The molecule has 5 nitrogen and oxygen atoms in total. The molecule has 23 heavy (non-hydrogen) atoms. The molecule has 0 aromatic heterocycles. The van der Waals surface area contributed by atoms with Crippen molar-refractivity contribution in [1.29, 1.82) is 0 Å². The van der Waals surface area contributed by atoms with Gasteiger partial charge in [-0.05, 0) is 31.4 Å². The molecule has 0 N–H and O–H groups in total. The van der Waals surface area contributed by atoms with Crippen molar-refractivity contribution < 1.29 is 13.2 Å². The van der Waals surface area contributed by atoms with Crippen molar-refractivity contribution in [2.24, 2.45) is 0 Å². The quantitative estimate of drug-likeness (QED) is 0.684. The lowest BCUT2D eigenvalue weighted by molar-refractivity contribution is 0.260. The highest BCUT2D eigenvalue weighted by Crippen LogP contribution is 2.24. The summed E-state index contributed by atoms with van der Waals surface area (Å²) in [6.45, 7) is 0.975. The summed E-state index contributed by atoms with van der Waals surface area (Å²) in [5.74, 6) is 0.817. The molecule has 1 aromatic carbocycles. The largest absolute Gasteiger partial charge is 0.494 e. The summed E-state index contributed by atoms with van der Waals surface area (Å²) in [5, 5.41) is 0. The molecule has 0 spiro atoms. The summed E-state index contributed by atoms with van der Waals surface area (Å²) < 4.78 is 33.8. The minimum absolute atomic E-state index is 0.150. The van der Waals surface area contributed by atoms with Gasteiger partial charge in [0.25, 0.3) is 10.2 Å². The summed E-state index contributed by atoms with van der Waals surface area (Å²) in [5.41, 5.74) is 0. The van der Waals surface area contributed by atoms with Crippen molar-refractivity contribution in [3.05, 3.63) is 30.3 Å². The van der Waals surface area contributed by atoms with Crippen LogP contribution in [0.3, 0.4) is 0 Å². The van der Waals surface area contributed by atoms with Crippen molar-refractivity contribution in [3.8, 4) is 5.75 Å². The van der Waals surface area contributed by atoms with Gasteiger partial charge in [-0.3, -0.25) is 0 Å². The number of ether oxygens (including phenoxy) is 1. The number of hydrogen-bond donors (Lipinski definition) is 0. The molecule has 2 rings (SSSR count). The Bertz CT molecular complexity index is 556. The third-order valence-corrected chi connectivity index (χ3v) is 6.47.